The van der Waals surface area contributed by atoms with Crippen molar-refractivity contribution in [3.8, 4) is 5.75 Å². The van der Waals surface area contributed by atoms with E-state index in [0.717, 1.165) is 0 Å². The maximum absolute atomic E-state index is 12.2. The maximum Gasteiger partial charge on any atom is 0.257 e. The van der Waals surface area contributed by atoms with Crippen LogP contribution >= 0.6 is 23.8 Å². The molecule has 0 saturated carbocycles. The smallest absolute Gasteiger partial charge is 0.257 e. The third-order valence-corrected chi connectivity index (χ3v) is 3.29. The highest BCUT2D eigenvalue weighted by Gasteiger charge is 2.13. The number of anilines is 1. The average Bonchev–Trinajstić information content (AvgIpc) is 2.47. The number of ether oxygens (including phenoxy) is 1. The number of nitrogens with two attached hydrogens (primary N) is 1. The van der Waals surface area contributed by atoms with Crippen molar-refractivity contribution in [2.75, 3.05) is 12.4 Å². The molecule has 0 fully saturated rings. The molecular formula is C14H12ClN3O2S. The molecule has 2 aromatic rings. The molecule has 0 radical (unpaired) electrons. The first-order chi connectivity index (χ1) is 10.0. The lowest BCUT2D eigenvalue weighted by Gasteiger charge is -2.12. The van der Waals surface area contributed by atoms with E-state index in [1.807, 2.05) is 0 Å². The fraction of sp³-hybridized carbons (Fsp3) is 0.0714. The Morgan fingerprint density at radius 2 is 2.19 bits per heavy atom. The number of benzene rings is 1. The predicted octanol–water partition coefficient (Wildman–Crippen LogP) is 2.63. The second kappa shape index (κ2) is 6.51. The SMILES string of the molecule is COc1cc(C(N)=S)ccc1NC(=O)c1ccncc1Cl. The Bertz CT molecular complexity index is 706. The molecule has 0 spiro atoms. The topological polar surface area (TPSA) is 77.2 Å². The van der Waals surface area contributed by atoms with Gasteiger partial charge in [0.15, 0.2) is 0 Å². The van der Waals surface area contributed by atoms with Crippen molar-refractivity contribution in [3.63, 3.8) is 0 Å². The van der Waals surface area contributed by atoms with Crippen LogP contribution in [0, 0.1) is 0 Å². The number of hydrogen-bond acceptors (Lipinski definition) is 4. The van der Waals surface area contributed by atoms with Crippen LogP contribution in [0.3, 0.4) is 0 Å². The molecule has 0 aliphatic carbocycles. The Labute approximate surface area is 132 Å². The Morgan fingerprint density at radius 1 is 1.43 bits per heavy atom. The molecular weight excluding hydrogens is 310 g/mol. The van der Waals surface area contributed by atoms with E-state index >= 15 is 0 Å². The normalized spacial score (nSPS) is 10.0. The Balaban J connectivity index is 2.29. The third-order valence-electron chi connectivity index (χ3n) is 2.75. The van der Waals surface area contributed by atoms with Gasteiger partial charge in [-0.3, -0.25) is 9.78 Å². The maximum atomic E-state index is 12.2. The fourth-order valence-corrected chi connectivity index (χ4v) is 2.03. The minimum absolute atomic E-state index is 0.253. The van der Waals surface area contributed by atoms with Gasteiger partial charge in [0.05, 0.1) is 23.4 Å². The van der Waals surface area contributed by atoms with Crippen molar-refractivity contribution in [1.82, 2.24) is 4.98 Å². The molecule has 1 heterocycles. The van der Waals surface area contributed by atoms with Gasteiger partial charge in [-0.25, -0.2) is 0 Å². The lowest BCUT2D eigenvalue weighted by Crippen LogP contribution is -2.14. The van der Waals surface area contributed by atoms with Crippen molar-refractivity contribution < 1.29 is 9.53 Å². The number of methoxy groups -OCH3 is 1. The van der Waals surface area contributed by atoms with Crippen LogP contribution in [-0.2, 0) is 0 Å². The van der Waals surface area contributed by atoms with Crippen molar-refractivity contribution in [3.05, 3.63) is 52.8 Å². The highest BCUT2D eigenvalue weighted by Crippen LogP contribution is 2.26. The summed E-state index contributed by atoms with van der Waals surface area (Å²) in [7, 11) is 1.49. The zero-order valence-corrected chi connectivity index (χ0v) is 12.7. The molecule has 0 aliphatic heterocycles. The monoisotopic (exact) mass is 321 g/mol. The standard InChI is InChI=1S/C14H12ClN3O2S/c1-20-12-6-8(13(16)21)2-3-11(12)18-14(19)9-4-5-17-7-10(9)15/h2-7H,1H3,(H2,16,21)(H,18,19). The van der Waals surface area contributed by atoms with Crippen LogP contribution in [0.5, 0.6) is 5.75 Å². The Kier molecular flexibility index (Phi) is 4.72. The van der Waals surface area contributed by atoms with Crippen molar-refractivity contribution in [2.45, 2.75) is 0 Å². The van der Waals surface area contributed by atoms with Crippen LogP contribution in [-0.4, -0.2) is 23.0 Å². The van der Waals surface area contributed by atoms with Gasteiger partial charge in [0.25, 0.3) is 5.91 Å². The quantitative estimate of drug-likeness (QED) is 0.846. The molecule has 1 aromatic heterocycles. The number of halogens is 1. The number of rotatable bonds is 4. The average molecular weight is 322 g/mol. The van der Waals surface area contributed by atoms with Crippen molar-refractivity contribution in [2.24, 2.45) is 5.73 Å². The summed E-state index contributed by atoms with van der Waals surface area (Å²) in [5.41, 5.74) is 7.04. The third kappa shape index (κ3) is 3.48. The van der Waals surface area contributed by atoms with Crippen molar-refractivity contribution >= 4 is 40.4 Å². The predicted molar refractivity (Wildman–Crippen MR) is 86.1 cm³/mol. The van der Waals surface area contributed by atoms with Crippen LogP contribution in [0.1, 0.15) is 15.9 Å². The van der Waals surface area contributed by atoms with Gasteiger partial charge >= 0.3 is 0 Å². The second-order valence-corrected chi connectivity index (χ2v) is 4.94. The fourth-order valence-electron chi connectivity index (χ4n) is 1.70. The molecule has 0 atom stereocenters. The van der Waals surface area contributed by atoms with Gasteiger partial charge in [-0.05, 0) is 24.3 Å². The number of nitrogens with one attached hydrogen (secondary N) is 1. The first-order valence-electron chi connectivity index (χ1n) is 5.91. The summed E-state index contributed by atoms with van der Waals surface area (Å²) in [6.45, 7) is 0. The van der Waals surface area contributed by atoms with E-state index in [-0.39, 0.29) is 15.9 Å². The molecule has 5 nitrogen and oxygen atoms in total. The molecule has 21 heavy (non-hydrogen) atoms. The number of nitrogens with zero attached hydrogens (tertiary/aromatic N) is 1. The van der Waals surface area contributed by atoms with E-state index < -0.39 is 0 Å². The number of aromatic nitrogens is 1. The highest BCUT2D eigenvalue weighted by atomic mass is 35.5. The van der Waals surface area contributed by atoms with E-state index in [4.69, 9.17) is 34.3 Å². The minimum Gasteiger partial charge on any atom is -0.495 e. The lowest BCUT2D eigenvalue weighted by molar-refractivity contribution is 0.102. The number of pyridine rings is 1. The molecule has 3 N–H and O–H groups in total. The molecule has 108 valence electrons. The largest absolute Gasteiger partial charge is 0.495 e. The van der Waals surface area contributed by atoms with E-state index in [1.165, 1.54) is 25.6 Å². The van der Waals surface area contributed by atoms with E-state index in [0.29, 0.717) is 22.6 Å². The Morgan fingerprint density at radius 3 is 2.81 bits per heavy atom. The molecule has 0 aliphatic rings. The van der Waals surface area contributed by atoms with E-state index in [1.54, 1.807) is 18.2 Å². The van der Waals surface area contributed by atoms with Gasteiger partial charge in [-0.1, -0.05) is 23.8 Å². The van der Waals surface area contributed by atoms with Gasteiger partial charge in [0, 0.05) is 18.0 Å². The van der Waals surface area contributed by atoms with Gasteiger partial charge in [0.2, 0.25) is 0 Å². The molecule has 1 aromatic carbocycles. The van der Waals surface area contributed by atoms with Crippen LogP contribution < -0.4 is 15.8 Å². The Hall–Kier alpha value is -2.18. The van der Waals surface area contributed by atoms with Crippen LogP contribution in [0.15, 0.2) is 36.7 Å². The summed E-state index contributed by atoms with van der Waals surface area (Å²) in [5.74, 6) is 0.0996. The molecule has 7 heteroatoms. The first kappa shape index (κ1) is 15.2. The summed E-state index contributed by atoms with van der Waals surface area (Å²) in [5, 5.41) is 3.00. The summed E-state index contributed by atoms with van der Waals surface area (Å²) >= 11 is 10.8. The van der Waals surface area contributed by atoms with Gasteiger partial charge in [-0.2, -0.15) is 0 Å². The first-order valence-corrected chi connectivity index (χ1v) is 6.70. The van der Waals surface area contributed by atoms with Gasteiger partial charge < -0.3 is 15.8 Å². The lowest BCUT2D eigenvalue weighted by atomic mass is 10.1. The number of hydrogen-bond donors (Lipinski definition) is 2. The zero-order chi connectivity index (χ0) is 15.4. The summed E-state index contributed by atoms with van der Waals surface area (Å²) in [6.07, 6.45) is 2.90. The number of thiocarbonyl (C=S) groups is 1. The summed E-state index contributed by atoms with van der Waals surface area (Å²) in [6, 6.07) is 6.56. The number of carbonyl (C=O) groups is 1. The summed E-state index contributed by atoms with van der Waals surface area (Å²) in [4.78, 5) is 16.3. The van der Waals surface area contributed by atoms with E-state index in [2.05, 4.69) is 10.3 Å². The number of carbonyl (C=O) groups excluding carboxylic acids is 1. The van der Waals surface area contributed by atoms with Crippen molar-refractivity contribution in [1.29, 1.82) is 0 Å². The molecule has 2 rings (SSSR count). The van der Waals surface area contributed by atoms with E-state index in [9.17, 15) is 4.79 Å². The zero-order valence-electron chi connectivity index (χ0n) is 11.1. The molecule has 0 bridgehead atoms. The van der Waals surface area contributed by atoms with Gasteiger partial charge in [0.1, 0.15) is 10.7 Å². The van der Waals surface area contributed by atoms with Gasteiger partial charge in [-0.15, -0.1) is 0 Å². The van der Waals surface area contributed by atoms with Crippen LogP contribution in [0.4, 0.5) is 5.69 Å². The minimum atomic E-state index is -0.358. The highest BCUT2D eigenvalue weighted by molar-refractivity contribution is 7.80. The second-order valence-electron chi connectivity index (χ2n) is 4.09. The number of amides is 1. The van der Waals surface area contributed by atoms with Crippen LogP contribution in [0.2, 0.25) is 5.02 Å². The molecule has 1 amide bonds. The summed E-state index contributed by atoms with van der Waals surface area (Å²) < 4.78 is 5.23. The molecule has 0 saturated heterocycles. The van der Waals surface area contributed by atoms with Crippen LogP contribution in [0.25, 0.3) is 0 Å². The molecule has 0 unspecified atom stereocenters.